The van der Waals surface area contributed by atoms with Crippen molar-refractivity contribution in [3.63, 3.8) is 0 Å². The Labute approximate surface area is 109 Å². The van der Waals surface area contributed by atoms with E-state index >= 15 is 0 Å². The van der Waals surface area contributed by atoms with Crippen molar-refractivity contribution in [1.82, 2.24) is 15.1 Å². The lowest BCUT2D eigenvalue weighted by molar-refractivity contribution is -0.131. The normalized spacial score (nSPS) is 19.4. The third kappa shape index (κ3) is 5.75. The fourth-order valence-electron chi connectivity index (χ4n) is 1.83. The van der Waals surface area contributed by atoms with Crippen LogP contribution in [0.3, 0.4) is 0 Å². The van der Waals surface area contributed by atoms with E-state index in [9.17, 15) is 4.79 Å². The van der Waals surface area contributed by atoms with Gasteiger partial charge >= 0.3 is 0 Å². The molecule has 17 heavy (non-hydrogen) atoms. The highest BCUT2D eigenvalue weighted by Crippen LogP contribution is 2.01. The van der Waals surface area contributed by atoms with Gasteiger partial charge < -0.3 is 15.1 Å². The summed E-state index contributed by atoms with van der Waals surface area (Å²) in [4.78, 5) is 16.2. The van der Waals surface area contributed by atoms with Crippen LogP contribution in [0.25, 0.3) is 0 Å². The number of nitrogens with zero attached hydrogens (tertiary/aromatic N) is 2. The molecule has 1 amide bonds. The van der Waals surface area contributed by atoms with E-state index in [1.165, 1.54) is 0 Å². The van der Waals surface area contributed by atoms with Crippen LogP contribution in [0.4, 0.5) is 0 Å². The van der Waals surface area contributed by atoms with E-state index in [0.717, 1.165) is 38.4 Å². The maximum absolute atomic E-state index is 11.9. The van der Waals surface area contributed by atoms with Gasteiger partial charge in [0.25, 0.3) is 0 Å². The van der Waals surface area contributed by atoms with Crippen molar-refractivity contribution in [3.8, 4) is 0 Å². The highest BCUT2D eigenvalue weighted by Gasteiger charge is 2.18. The number of amides is 1. The van der Waals surface area contributed by atoms with Crippen molar-refractivity contribution in [1.29, 1.82) is 0 Å². The van der Waals surface area contributed by atoms with Gasteiger partial charge in [-0.1, -0.05) is 0 Å². The molecule has 0 aromatic carbocycles. The number of carbonyl (C=O) groups excluding carboxylic acids is 1. The number of nitrogens with one attached hydrogen (secondary N) is 1. The predicted molar refractivity (Wildman–Crippen MR) is 74.5 cm³/mol. The minimum Gasteiger partial charge on any atom is -0.339 e. The molecule has 0 spiro atoms. The Kier molecular flexibility index (Phi) is 6.92. The zero-order valence-corrected chi connectivity index (χ0v) is 12.1. The molecular weight excluding hydrogens is 234 g/mol. The molecule has 5 heteroatoms. The largest absolute Gasteiger partial charge is 0.339 e. The first-order chi connectivity index (χ1) is 8.13. The fraction of sp³-hybridized carbons (Fsp3) is 0.917. The second kappa shape index (κ2) is 7.95. The summed E-state index contributed by atoms with van der Waals surface area (Å²) in [7, 11) is 2.10. The summed E-state index contributed by atoms with van der Waals surface area (Å²) in [6, 6.07) is 0.430. The van der Waals surface area contributed by atoms with Crippen LogP contribution in [0.2, 0.25) is 0 Å². The van der Waals surface area contributed by atoms with E-state index in [1.54, 1.807) is 0 Å². The first-order valence-corrected chi connectivity index (χ1v) is 7.71. The quantitative estimate of drug-likeness (QED) is 0.753. The average Bonchev–Trinajstić information content (AvgIpc) is 2.34. The molecule has 1 heterocycles. The highest BCUT2D eigenvalue weighted by atomic mass is 32.2. The Hall–Kier alpha value is -0.260. The Morgan fingerprint density at radius 3 is 2.59 bits per heavy atom. The standard InChI is InChI=1S/C12H25N3OS/c1-11(4-9-17-3)13-10-12(16)15-7-5-14(2)6-8-15/h11,13H,4-10H2,1-3H3. The van der Waals surface area contributed by atoms with Crippen LogP contribution >= 0.6 is 11.8 Å². The molecule has 0 saturated carbocycles. The van der Waals surface area contributed by atoms with E-state index in [1.807, 2.05) is 16.7 Å². The zero-order valence-electron chi connectivity index (χ0n) is 11.2. The van der Waals surface area contributed by atoms with Crippen molar-refractivity contribution in [2.24, 2.45) is 0 Å². The zero-order chi connectivity index (χ0) is 12.7. The number of likely N-dealkylation sites (N-methyl/N-ethyl adjacent to an activating group) is 1. The van der Waals surface area contributed by atoms with Crippen LogP contribution < -0.4 is 5.32 Å². The molecule has 4 nitrogen and oxygen atoms in total. The van der Waals surface area contributed by atoms with Crippen LogP contribution in [0, 0.1) is 0 Å². The highest BCUT2D eigenvalue weighted by molar-refractivity contribution is 7.98. The molecule has 0 bridgehead atoms. The van der Waals surface area contributed by atoms with Crippen LogP contribution in [0.5, 0.6) is 0 Å². The molecule has 1 N–H and O–H groups in total. The first kappa shape index (κ1) is 14.8. The van der Waals surface area contributed by atoms with E-state index < -0.39 is 0 Å². The molecule has 0 radical (unpaired) electrons. The predicted octanol–water partition coefficient (Wildman–Crippen LogP) is 0.492. The summed E-state index contributed by atoms with van der Waals surface area (Å²) in [5.41, 5.74) is 0. The molecule has 1 unspecified atom stereocenters. The van der Waals surface area contributed by atoms with Gasteiger partial charge in [-0.25, -0.2) is 0 Å². The molecule has 1 atom stereocenters. The monoisotopic (exact) mass is 259 g/mol. The Bertz CT molecular complexity index is 230. The molecule has 0 aromatic heterocycles. The van der Waals surface area contributed by atoms with Gasteiger partial charge in [-0.05, 0) is 32.4 Å². The SMILES string of the molecule is CSCCC(C)NCC(=O)N1CCN(C)CC1. The minimum absolute atomic E-state index is 0.245. The van der Waals surface area contributed by atoms with Gasteiger partial charge in [0.2, 0.25) is 5.91 Å². The average molecular weight is 259 g/mol. The third-order valence-corrected chi connectivity index (χ3v) is 3.86. The molecule has 1 rings (SSSR count). The summed E-state index contributed by atoms with van der Waals surface area (Å²) in [5, 5.41) is 3.31. The van der Waals surface area contributed by atoms with Gasteiger partial charge in [0.05, 0.1) is 6.54 Å². The first-order valence-electron chi connectivity index (χ1n) is 6.32. The fourth-order valence-corrected chi connectivity index (χ4v) is 2.42. The maximum atomic E-state index is 11.9. The smallest absolute Gasteiger partial charge is 0.236 e. The van der Waals surface area contributed by atoms with Gasteiger partial charge in [0.1, 0.15) is 0 Å². The van der Waals surface area contributed by atoms with Gasteiger partial charge in [-0.3, -0.25) is 4.79 Å². The molecule has 0 aliphatic carbocycles. The molecule has 1 saturated heterocycles. The van der Waals surface area contributed by atoms with E-state index in [0.29, 0.717) is 12.6 Å². The maximum Gasteiger partial charge on any atom is 0.236 e. The second-order valence-electron chi connectivity index (χ2n) is 4.75. The van der Waals surface area contributed by atoms with Gasteiger partial charge in [-0.15, -0.1) is 0 Å². The summed E-state index contributed by atoms with van der Waals surface area (Å²) >= 11 is 1.85. The van der Waals surface area contributed by atoms with Crippen molar-refractivity contribution in [2.75, 3.05) is 51.8 Å². The molecule has 0 aromatic rings. The molecule has 1 aliphatic rings. The number of hydrogen-bond donors (Lipinski definition) is 1. The molecule has 100 valence electrons. The number of carbonyl (C=O) groups is 1. The lowest BCUT2D eigenvalue weighted by atomic mass is 10.2. The van der Waals surface area contributed by atoms with E-state index in [4.69, 9.17) is 0 Å². The number of piperazine rings is 1. The topological polar surface area (TPSA) is 35.6 Å². The molecule has 1 aliphatic heterocycles. The van der Waals surface area contributed by atoms with Crippen molar-refractivity contribution < 1.29 is 4.79 Å². The third-order valence-electron chi connectivity index (χ3n) is 3.21. The molecular formula is C12H25N3OS. The Morgan fingerprint density at radius 1 is 1.35 bits per heavy atom. The Morgan fingerprint density at radius 2 is 2.00 bits per heavy atom. The Balaban J connectivity index is 2.16. The summed E-state index contributed by atoms with van der Waals surface area (Å²) in [6.45, 7) is 6.36. The van der Waals surface area contributed by atoms with Gasteiger partial charge in [-0.2, -0.15) is 11.8 Å². The summed E-state index contributed by atoms with van der Waals surface area (Å²) in [6.07, 6.45) is 3.24. The van der Waals surface area contributed by atoms with Crippen molar-refractivity contribution >= 4 is 17.7 Å². The van der Waals surface area contributed by atoms with E-state index in [2.05, 4.69) is 30.4 Å². The van der Waals surface area contributed by atoms with Crippen LogP contribution in [-0.4, -0.2) is 73.5 Å². The summed E-state index contributed by atoms with van der Waals surface area (Å²) in [5.74, 6) is 1.39. The van der Waals surface area contributed by atoms with Gasteiger partial charge in [0.15, 0.2) is 0 Å². The molecule has 1 fully saturated rings. The van der Waals surface area contributed by atoms with Crippen molar-refractivity contribution in [3.05, 3.63) is 0 Å². The van der Waals surface area contributed by atoms with Gasteiger partial charge in [0, 0.05) is 32.2 Å². The van der Waals surface area contributed by atoms with Crippen LogP contribution in [0.1, 0.15) is 13.3 Å². The lowest BCUT2D eigenvalue weighted by Gasteiger charge is -2.32. The number of thioether (sulfide) groups is 1. The number of rotatable bonds is 6. The van der Waals surface area contributed by atoms with E-state index in [-0.39, 0.29) is 5.91 Å². The van der Waals surface area contributed by atoms with Crippen LogP contribution in [0.15, 0.2) is 0 Å². The minimum atomic E-state index is 0.245. The second-order valence-corrected chi connectivity index (χ2v) is 5.73. The van der Waals surface area contributed by atoms with Crippen molar-refractivity contribution in [2.45, 2.75) is 19.4 Å². The number of hydrogen-bond acceptors (Lipinski definition) is 4. The lowest BCUT2D eigenvalue weighted by Crippen LogP contribution is -2.50. The summed E-state index contributed by atoms with van der Waals surface area (Å²) < 4.78 is 0. The van der Waals surface area contributed by atoms with Crippen LogP contribution in [-0.2, 0) is 4.79 Å².